The van der Waals surface area contributed by atoms with Crippen LogP contribution in [0.3, 0.4) is 0 Å². The van der Waals surface area contributed by atoms with Gasteiger partial charge in [-0.15, -0.1) is 0 Å². The summed E-state index contributed by atoms with van der Waals surface area (Å²) < 4.78 is 11.0. The average molecular weight is 399 g/mol. The van der Waals surface area contributed by atoms with Crippen LogP contribution in [0.1, 0.15) is 32.3 Å². The Morgan fingerprint density at radius 3 is 2.79 bits per heavy atom. The number of amides is 1. The van der Waals surface area contributed by atoms with Crippen molar-refractivity contribution in [1.29, 1.82) is 0 Å². The van der Waals surface area contributed by atoms with Gasteiger partial charge in [-0.1, -0.05) is 42.0 Å². The molecular formula is C23H30N2O4. The van der Waals surface area contributed by atoms with E-state index in [-0.39, 0.29) is 42.0 Å². The summed E-state index contributed by atoms with van der Waals surface area (Å²) in [7, 11) is 0. The fourth-order valence-corrected chi connectivity index (χ4v) is 5.59. The summed E-state index contributed by atoms with van der Waals surface area (Å²) in [5, 5.41) is 3.61. The standard InChI is InChI=1S/C23H30N2O4/c1-3-28-21(26)18-13-16(2)20-23(10-11-24-20)15-25(12-9-19(18)23)22(27)29-14-17-7-5-4-6-8-17/h4-8,13,18-20,24H,3,9-12,14-15H2,1-2H3/t18-,19+,20+,23+/m1/s1. The van der Waals surface area contributed by atoms with Crippen LogP contribution in [-0.2, 0) is 20.9 Å². The molecule has 4 rings (SSSR count). The van der Waals surface area contributed by atoms with Crippen molar-refractivity contribution in [3.8, 4) is 0 Å². The lowest BCUT2D eigenvalue weighted by molar-refractivity contribution is -0.152. The molecular weight excluding hydrogens is 368 g/mol. The monoisotopic (exact) mass is 398 g/mol. The number of nitrogens with zero attached hydrogens (tertiary/aromatic N) is 1. The van der Waals surface area contributed by atoms with E-state index in [1.807, 2.05) is 42.2 Å². The number of nitrogens with one attached hydrogen (secondary N) is 1. The van der Waals surface area contributed by atoms with Crippen molar-refractivity contribution in [3.63, 3.8) is 0 Å². The first-order chi connectivity index (χ1) is 14.0. The molecule has 1 amide bonds. The molecule has 1 aromatic rings. The summed E-state index contributed by atoms with van der Waals surface area (Å²) >= 11 is 0. The van der Waals surface area contributed by atoms with Crippen LogP contribution in [0, 0.1) is 17.3 Å². The Morgan fingerprint density at radius 1 is 1.24 bits per heavy atom. The summed E-state index contributed by atoms with van der Waals surface area (Å²) in [6.07, 6.45) is 3.55. The number of ether oxygens (including phenoxy) is 2. The van der Waals surface area contributed by atoms with Crippen molar-refractivity contribution in [2.75, 3.05) is 26.2 Å². The van der Waals surface area contributed by atoms with Gasteiger partial charge in [0.15, 0.2) is 0 Å². The Bertz CT molecular complexity index is 793. The van der Waals surface area contributed by atoms with Gasteiger partial charge in [0.1, 0.15) is 6.61 Å². The average Bonchev–Trinajstić information content (AvgIpc) is 3.16. The lowest BCUT2D eigenvalue weighted by Crippen LogP contribution is -2.60. The van der Waals surface area contributed by atoms with E-state index in [0.717, 1.165) is 24.9 Å². The van der Waals surface area contributed by atoms with Crippen molar-refractivity contribution in [2.45, 2.75) is 39.3 Å². The Balaban J connectivity index is 1.51. The second-order valence-electron chi connectivity index (χ2n) is 8.42. The molecule has 0 radical (unpaired) electrons. The highest BCUT2D eigenvalue weighted by Gasteiger charge is 2.58. The molecule has 2 saturated heterocycles. The first-order valence-electron chi connectivity index (χ1n) is 10.6. The molecule has 1 N–H and O–H groups in total. The van der Waals surface area contributed by atoms with Gasteiger partial charge < -0.3 is 19.7 Å². The van der Waals surface area contributed by atoms with Gasteiger partial charge in [-0.25, -0.2) is 4.79 Å². The zero-order valence-corrected chi connectivity index (χ0v) is 17.2. The molecule has 6 heteroatoms. The number of hydrogen-bond donors (Lipinski definition) is 1. The van der Waals surface area contributed by atoms with Gasteiger partial charge in [0.25, 0.3) is 0 Å². The van der Waals surface area contributed by atoms with Crippen LogP contribution in [0.25, 0.3) is 0 Å². The van der Waals surface area contributed by atoms with Gasteiger partial charge in [0.2, 0.25) is 0 Å². The number of piperidine rings is 1. The highest BCUT2D eigenvalue weighted by molar-refractivity contribution is 5.76. The van der Waals surface area contributed by atoms with Crippen LogP contribution in [0.5, 0.6) is 0 Å². The van der Waals surface area contributed by atoms with E-state index < -0.39 is 0 Å². The van der Waals surface area contributed by atoms with E-state index in [0.29, 0.717) is 19.7 Å². The van der Waals surface area contributed by atoms with Crippen LogP contribution < -0.4 is 5.32 Å². The summed E-state index contributed by atoms with van der Waals surface area (Å²) in [6, 6.07) is 9.93. The smallest absolute Gasteiger partial charge is 0.410 e. The molecule has 29 heavy (non-hydrogen) atoms. The number of rotatable bonds is 4. The van der Waals surface area contributed by atoms with Gasteiger partial charge in [0, 0.05) is 24.5 Å². The minimum Gasteiger partial charge on any atom is -0.466 e. The molecule has 4 atom stereocenters. The molecule has 0 bridgehead atoms. The topological polar surface area (TPSA) is 67.9 Å². The third-order valence-electron chi connectivity index (χ3n) is 6.80. The Labute approximate surface area is 172 Å². The maximum absolute atomic E-state index is 12.8. The molecule has 6 nitrogen and oxygen atoms in total. The Kier molecular flexibility index (Phi) is 5.63. The van der Waals surface area contributed by atoms with Gasteiger partial charge in [-0.3, -0.25) is 4.79 Å². The van der Waals surface area contributed by atoms with Crippen LogP contribution in [0.15, 0.2) is 42.0 Å². The molecule has 0 saturated carbocycles. The summed E-state index contributed by atoms with van der Waals surface area (Å²) in [5.41, 5.74) is 2.02. The molecule has 0 unspecified atom stereocenters. The van der Waals surface area contributed by atoms with Gasteiger partial charge in [0.05, 0.1) is 12.5 Å². The SMILES string of the molecule is CCOC(=O)[C@@H]1C=C(C)[C@@H]2NCC[C@@]23CN(C(=O)OCc2ccccc2)CC[C@@H]13. The zero-order valence-electron chi connectivity index (χ0n) is 17.2. The number of likely N-dealkylation sites (tertiary alicyclic amines) is 1. The summed E-state index contributed by atoms with van der Waals surface area (Å²) in [5.74, 6) is -0.182. The second kappa shape index (κ2) is 8.19. The Morgan fingerprint density at radius 2 is 2.03 bits per heavy atom. The third kappa shape index (κ3) is 3.66. The van der Waals surface area contributed by atoms with Crippen LogP contribution >= 0.6 is 0 Å². The van der Waals surface area contributed by atoms with Gasteiger partial charge in [-0.2, -0.15) is 0 Å². The zero-order chi connectivity index (χ0) is 20.4. The van der Waals surface area contributed by atoms with E-state index in [1.54, 1.807) is 0 Å². The molecule has 2 heterocycles. The third-order valence-corrected chi connectivity index (χ3v) is 6.80. The molecule has 0 aromatic heterocycles. The molecule has 2 aliphatic heterocycles. The largest absolute Gasteiger partial charge is 0.466 e. The van der Waals surface area contributed by atoms with Crippen LogP contribution in [0.4, 0.5) is 4.79 Å². The predicted molar refractivity (Wildman–Crippen MR) is 109 cm³/mol. The number of esters is 1. The number of carbonyl (C=O) groups is 2. The fourth-order valence-electron chi connectivity index (χ4n) is 5.59. The summed E-state index contributed by atoms with van der Waals surface area (Å²) in [6.45, 7) is 6.72. The van der Waals surface area contributed by atoms with Crippen LogP contribution in [0.2, 0.25) is 0 Å². The molecule has 1 spiro atoms. The first kappa shape index (κ1) is 20.0. The van der Waals surface area contributed by atoms with Gasteiger partial charge >= 0.3 is 12.1 Å². The van der Waals surface area contributed by atoms with E-state index in [2.05, 4.69) is 18.3 Å². The van der Waals surface area contributed by atoms with Crippen molar-refractivity contribution < 1.29 is 19.1 Å². The van der Waals surface area contributed by atoms with Crippen molar-refractivity contribution >= 4 is 12.1 Å². The second-order valence-corrected chi connectivity index (χ2v) is 8.42. The number of carbonyl (C=O) groups excluding carboxylic acids is 2. The van der Waals surface area contributed by atoms with Crippen molar-refractivity contribution in [3.05, 3.63) is 47.5 Å². The maximum atomic E-state index is 12.8. The lowest BCUT2D eigenvalue weighted by Gasteiger charge is -2.53. The lowest BCUT2D eigenvalue weighted by atomic mass is 9.57. The highest BCUT2D eigenvalue weighted by atomic mass is 16.6. The number of benzene rings is 1. The minimum absolute atomic E-state index is 0.137. The Hall–Kier alpha value is -2.34. The first-order valence-corrected chi connectivity index (χ1v) is 10.6. The van der Waals surface area contributed by atoms with E-state index in [4.69, 9.17) is 9.47 Å². The molecule has 1 aromatic carbocycles. The minimum atomic E-state index is -0.271. The van der Waals surface area contributed by atoms with Crippen LogP contribution in [-0.4, -0.2) is 49.2 Å². The number of hydrogen-bond acceptors (Lipinski definition) is 5. The van der Waals surface area contributed by atoms with E-state index in [1.165, 1.54) is 5.57 Å². The van der Waals surface area contributed by atoms with Crippen molar-refractivity contribution in [2.24, 2.45) is 17.3 Å². The summed E-state index contributed by atoms with van der Waals surface area (Å²) in [4.78, 5) is 27.3. The molecule has 1 aliphatic carbocycles. The molecule has 2 fully saturated rings. The van der Waals surface area contributed by atoms with Gasteiger partial charge in [-0.05, 0) is 44.7 Å². The predicted octanol–water partition coefficient (Wildman–Crippen LogP) is 3.13. The fraction of sp³-hybridized carbons (Fsp3) is 0.565. The molecule has 3 aliphatic rings. The van der Waals surface area contributed by atoms with Crippen molar-refractivity contribution in [1.82, 2.24) is 10.2 Å². The normalized spacial score (nSPS) is 30.8. The molecule has 156 valence electrons. The van der Waals surface area contributed by atoms with E-state index in [9.17, 15) is 9.59 Å². The van der Waals surface area contributed by atoms with E-state index >= 15 is 0 Å². The quantitative estimate of drug-likeness (QED) is 0.623. The maximum Gasteiger partial charge on any atom is 0.410 e. The highest BCUT2D eigenvalue weighted by Crippen LogP contribution is 2.53.